The van der Waals surface area contributed by atoms with Gasteiger partial charge >= 0.3 is 0 Å². The van der Waals surface area contributed by atoms with Gasteiger partial charge in [0, 0.05) is 25.9 Å². The van der Waals surface area contributed by atoms with Crippen molar-refractivity contribution < 1.29 is 4.74 Å². The van der Waals surface area contributed by atoms with Crippen molar-refractivity contribution in [2.24, 2.45) is 0 Å². The van der Waals surface area contributed by atoms with Crippen LogP contribution in [0.4, 0.5) is 5.82 Å². The average molecular weight is 277 g/mol. The summed E-state index contributed by atoms with van der Waals surface area (Å²) in [6, 6.07) is 4.84. The fraction of sp³-hybridized carbons (Fsp3) is 0.688. The molecule has 2 rings (SSSR count). The molecule has 0 aliphatic carbocycles. The summed E-state index contributed by atoms with van der Waals surface area (Å²) in [5.41, 5.74) is 2.49. The average Bonchev–Trinajstić information content (AvgIpc) is 2.84. The zero-order chi connectivity index (χ0) is 14.5. The van der Waals surface area contributed by atoms with Gasteiger partial charge in [0.15, 0.2) is 0 Å². The molecule has 0 bridgehead atoms. The van der Waals surface area contributed by atoms with E-state index in [0.29, 0.717) is 6.04 Å². The van der Waals surface area contributed by atoms with Gasteiger partial charge in [-0.15, -0.1) is 0 Å². The number of nitrogens with one attached hydrogen (secondary N) is 1. The van der Waals surface area contributed by atoms with Gasteiger partial charge in [-0.2, -0.15) is 0 Å². The number of aromatic nitrogens is 1. The van der Waals surface area contributed by atoms with E-state index in [1.54, 1.807) is 0 Å². The Bertz CT molecular complexity index is 411. The van der Waals surface area contributed by atoms with Crippen LogP contribution in [0, 0.1) is 0 Å². The molecule has 112 valence electrons. The Morgan fingerprint density at radius 2 is 2.25 bits per heavy atom. The van der Waals surface area contributed by atoms with Gasteiger partial charge in [0.2, 0.25) is 0 Å². The van der Waals surface area contributed by atoms with E-state index in [2.05, 4.69) is 43.2 Å². The van der Waals surface area contributed by atoms with Crippen molar-refractivity contribution in [2.75, 3.05) is 25.6 Å². The molecule has 0 amide bonds. The van der Waals surface area contributed by atoms with Gasteiger partial charge in [0.25, 0.3) is 0 Å². The minimum absolute atomic E-state index is 0.282. The largest absolute Gasteiger partial charge is 0.376 e. The van der Waals surface area contributed by atoms with E-state index in [1.807, 2.05) is 7.05 Å². The molecule has 4 heteroatoms. The van der Waals surface area contributed by atoms with Crippen molar-refractivity contribution in [3.63, 3.8) is 0 Å². The van der Waals surface area contributed by atoms with Gasteiger partial charge in [-0.05, 0) is 44.5 Å². The van der Waals surface area contributed by atoms with Crippen LogP contribution in [0.3, 0.4) is 0 Å². The van der Waals surface area contributed by atoms with Crippen LogP contribution in [0.1, 0.15) is 37.9 Å². The zero-order valence-electron chi connectivity index (χ0n) is 13.1. The molecule has 1 saturated heterocycles. The third kappa shape index (κ3) is 3.49. The first-order chi connectivity index (χ1) is 9.65. The summed E-state index contributed by atoms with van der Waals surface area (Å²) in [7, 11) is 4.12. The van der Waals surface area contributed by atoms with Gasteiger partial charge < -0.3 is 15.0 Å². The highest BCUT2D eigenvalue weighted by Crippen LogP contribution is 2.24. The Morgan fingerprint density at radius 3 is 2.85 bits per heavy atom. The van der Waals surface area contributed by atoms with E-state index in [1.165, 1.54) is 11.3 Å². The SMILES string of the molecule is CCCc1cc(CNC)cc(N(C)C2CCOC2C)n1. The molecule has 2 unspecified atom stereocenters. The summed E-state index contributed by atoms with van der Waals surface area (Å²) in [4.78, 5) is 7.11. The smallest absolute Gasteiger partial charge is 0.129 e. The van der Waals surface area contributed by atoms with Gasteiger partial charge in [-0.3, -0.25) is 0 Å². The van der Waals surface area contributed by atoms with Crippen molar-refractivity contribution in [3.8, 4) is 0 Å². The molecule has 1 aromatic rings. The molecule has 2 heterocycles. The van der Waals surface area contributed by atoms with Crippen LogP contribution in [0.15, 0.2) is 12.1 Å². The lowest BCUT2D eigenvalue weighted by Gasteiger charge is -2.28. The number of pyridine rings is 1. The molecular weight excluding hydrogens is 250 g/mol. The van der Waals surface area contributed by atoms with E-state index in [9.17, 15) is 0 Å². The lowest BCUT2D eigenvalue weighted by Crippen LogP contribution is -2.37. The van der Waals surface area contributed by atoms with E-state index in [0.717, 1.165) is 38.2 Å². The van der Waals surface area contributed by atoms with Crippen molar-refractivity contribution in [1.82, 2.24) is 10.3 Å². The highest BCUT2D eigenvalue weighted by molar-refractivity contribution is 5.43. The van der Waals surface area contributed by atoms with Crippen LogP contribution in [-0.2, 0) is 17.7 Å². The number of hydrogen-bond donors (Lipinski definition) is 1. The molecule has 1 aliphatic heterocycles. The molecule has 1 aromatic heterocycles. The number of anilines is 1. The van der Waals surface area contributed by atoms with Crippen molar-refractivity contribution >= 4 is 5.82 Å². The Kier molecular flexibility index (Phi) is 5.38. The molecule has 0 aromatic carbocycles. The molecular formula is C16H27N3O. The van der Waals surface area contributed by atoms with Crippen molar-refractivity contribution in [3.05, 3.63) is 23.4 Å². The number of nitrogens with zero attached hydrogens (tertiary/aromatic N) is 2. The second kappa shape index (κ2) is 7.04. The number of rotatable bonds is 6. The van der Waals surface area contributed by atoms with Gasteiger partial charge in [0.1, 0.15) is 5.82 Å². The standard InChI is InChI=1S/C16H27N3O/c1-5-6-14-9-13(11-17-3)10-16(18-14)19(4)15-7-8-20-12(15)2/h9-10,12,15,17H,5-8,11H2,1-4H3. The Balaban J connectivity index is 2.24. The van der Waals surface area contributed by atoms with E-state index in [4.69, 9.17) is 9.72 Å². The number of ether oxygens (including phenoxy) is 1. The molecule has 0 saturated carbocycles. The topological polar surface area (TPSA) is 37.4 Å². The fourth-order valence-corrected chi connectivity index (χ4v) is 2.90. The Morgan fingerprint density at radius 1 is 1.45 bits per heavy atom. The molecule has 4 nitrogen and oxygen atoms in total. The maximum Gasteiger partial charge on any atom is 0.129 e. The summed E-state index contributed by atoms with van der Waals surface area (Å²) in [5.74, 6) is 1.07. The van der Waals surface area contributed by atoms with Crippen LogP contribution in [0.25, 0.3) is 0 Å². The summed E-state index contributed by atoms with van der Waals surface area (Å²) in [6.07, 6.45) is 3.53. The van der Waals surface area contributed by atoms with E-state index >= 15 is 0 Å². The lowest BCUT2D eigenvalue weighted by molar-refractivity contribution is 0.118. The molecule has 0 radical (unpaired) electrons. The second-order valence-electron chi connectivity index (χ2n) is 5.65. The molecule has 1 aliphatic rings. The monoisotopic (exact) mass is 277 g/mol. The number of likely N-dealkylation sites (N-methyl/N-ethyl adjacent to an activating group) is 1. The van der Waals surface area contributed by atoms with Crippen LogP contribution in [-0.4, -0.2) is 37.8 Å². The van der Waals surface area contributed by atoms with E-state index < -0.39 is 0 Å². The first-order valence-corrected chi connectivity index (χ1v) is 7.64. The minimum Gasteiger partial charge on any atom is -0.376 e. The van der Waals surface area contributed by atoms with Crippen LogP contribution < -0.4 is 10.2 Å². The number of hydrogen-bond acceptors (Lipinski definition) is 4. The third-order valence-electron chi connectivity index (χ3n) is 4.01. The minimum atomic E-state index is 0.282. The summed E-state index contributed by atoms with van der Waals surface area (Å²) < 4.78 is 5.68. The Labute approximate surface area is 122 Å². The second-order valence-corrected chi connectivity index (χ2v) is 5.65. The van der Waals surface area contributed by atoms with Crippen molar-refractivity contribution in [2.45, 2.75) is 51.8 Å². The van der Waals surface area contributed by atoms with Crippen LogP contribution in [0.5, 0.6) is 0 Å². The zero-order valence-corrected chi connectivity index (χ0v) is 13.1. The molecule has 2 atom stereocenters. The maximum absolute atomic E-state index is 5.68. The molecule has 20 heavy (non-hydrogen) atoms. The predicted molar refractivity (Wildman–Crippen MR) is 83.2 cm³/mol. The maximum atomic E-state index is 5.68. The van der Waals surface area contributed by atoms with Gasteiger partial charge in [0.05, 0.1) is 12.1 Å². The van der Waals surface area contributed by atoms with Gasteiger partial charge in [-0.1, -0.05) is 13.3 Å². The highest BCUT2D eigenvalue weighted by atomic mass is 16.5. The van der Waals surface area contributed by atoms with E-state index in [-0.39, 0.29) is 6.10 Å². The van der Waals surface area contributed by atoms with Crippen molar-refractivity contribution in [1.29, 1.82) is 0 Å². The highest BCUT2D eigenvalue weighted by Gasteiger charge is 2.28. The summed E-state index contributed by atoms with van der Waals surface area (Å²) in [6.45, 7) is 6.09. The van der Waals surface area contributed by atoms with Crippen LogP contribution >= 0.6 is 0 Å². The first kappa shape index (κ1) is 15.3. The third-order valence-corrected chi connectivity index (χ3v) is 4.01. The Hall–Kier alpha value is -1.13. The lowest BCUT2D eigenvalue weighted by atomic mass is 10.1. The summed E-state index contributed by atoms with van der Waals surface area (Å²) >= 11 is 0. The fourth-order valence-electron chi connectivity index (χ4n) is 2.90. The molecule has 1 N–H and O–H groups in total. The number of aryl methyl sites for hydroxylation is 1. The van der Waals surface area contributed by atoms with Crippen LogP contribution in [0.2, 0.25) is 0 Å². The quantitative estimate of drug-likeness (QED) is 0.866. The first-order valence-electron chi connectivity index (χ1n) is 7.64. The molecule has 0 spiro atoms. The normalized spacial score (nSPS) is 22.2. The molecule has 1 fully saturated rings. The van der Waals surface area contributed by atoms with Gasteiger partial charge in [-0.25, -0.2) is 4.98 Å². The predicted octanol–water partition coefficient (Wildman–Crippen LogP) is 2.37. The summed E-state index contributed by atoms with van der Waals surface area (Å²) in [5, 5.41) is 3.23.